The summed E-state index contributed by atoms with van der Waals surface area (Å²) in [6.07, 6.45) is 24.5. The van der Waals surface area contributed by atoms with E-state index < -0.39 is 0 Å². The summed E-state index contributed by atoms with van der Waals surface area (Å²) in [5, 5.41) is 1.17. The Morgan fingerprint density at radius 1 is 0.800 bits per heavy atom. The van der Waals surface area contributed by atoms with Crippen molar-refractivity contribution < 1.29 is 4.74 Å². The molecular formula is C23H45BrO. The molecule has 1 aliphatic carbocycles. The first kappa shape index (κ1) is 23.5. The van der Waals surface area contributed by atoms with E-state index in [2.05, 4.69) is 22.9 Å². The largest absolute Gasteiger partial charge is 0.381 e. The molecule has 3 atom stereocenters. The van der Waals surface area contributed by atoms with E-state index in [0.29, 0.717) is 6.10 Å². The summed E-state index contributed by atoms with van der Waals surface area (Å²) >= 11 is 3.57. The predicted molar refractivity (Wildman–Crippen MR) is 116 cm³/mol. The van der Waals surface area contributed by atoms with Gasteiger partial charge in [0.25, 0.3) is 0 Å². The minimum atomic E-state index is 0.524. The average Bonchev–Trinajstić information content (AvgIpc) is 2.64. The number of alkyl halides is 1. The number of hydrogen-bond acceptors (Lipinski definition) is 1. The number of ether oxygens (including phenoxy) is 1. The molecule has 0 aromatic carbocycles. The van der Waals surface area contributed by atoms with Crippen LogP contribution in [-0.4, -0.2) is 18.5 Å². The van der Waals surface area contributed by atoms with Gasteiger partial charge in [-0.25, -0.2) is 0 Å². The fourth-order valence-corrected chi connectivity index (χ4v) is 5.05. The zero-order valence-corrected chi connectivity index (χ0v) is 18.8. The highest BCUT2D eigenvalue weighted by Crippen LogP contribution is 2.34. The highest BCUT2D eigenvalue weighted by molar-refractivity contribution is 9.09. The van der Waals surface area contributed by atoms with Crippen molar-refractivity contribution in [2.24, 2.45) is 11.8 Å². The lowest BCUT2D eigenvalue weighted by atomic mass is 9.77. The van der Waals surface area contributed by atoms with Crippen molar-refractivity contribution in [1.29, 1.82) is 0 Å². The fourth-order valence-electron chi connectivity index (χ4n) is 4.65. The smallest absolute Gasteiger partial charge is 0.0571 e. The first-order chi connectivity index (χ1) is 12.3. The van der Waals surface area contributed by atoms with Crippen LogP contribution in [0.4, 0.5) is 0 Å². The second-order valence-electron chi connectivity index (χ2n) is 8.33. The third-order valence-corrected chi connectivity index (χ3v) is 6.91. The van der Waals surface area contributed by atoms with Crippen molar-refractivity contribution in [2.45, 2.75) is 122 Å². The van der Waals surface area contributed by atoms with E-state index in [1.807, 2.05) is 7.11 Å². The number of halogens is 1. The van der Waals surface area contributed by atoms with Crippen LogP contribution in [0.15, 0.2) is 0 Å². The van der Waals surface area contributed by atoms with E-state index in [0.717, 1.165) is 11.8 Å². The molecule has 0 N–H and O–H groups in total. The summed E-state index contributed by atoms with van der Waals surface area (Å²) in [7, 11) is 1.92. The Bertz CT molecular complexity index is 281. The van der Waals surface area contributed by atoms with Gasteiger partial charge in [0.15, 0.2) is 0 Å². The monoisotopic (exact) mass is 416 g/mol. The van der Waals surface area contributed by atoms with Crippen molar-refractivity contribution in [3.63, 3.8) is 0 Å². The standard InChI is InChI=1S/C23H45BrO/c1-3-4-9-14-21(15-11-7-8-13-20-24)22-16-10-5-6-12-17-23(25-2)19-18-22/h21-23H,3-20H2,1-2H3. The van der Waals surface area contributed by atoms with E-state index in [1.54, 1.807) is 0 Å². The highest BCUT2D eigenvalue weighted by atomic mass is 79.9. The van der Waals surface area contributed by atoms with Gasteiger partial charge in [-0.2, -0.15) is 0 Å². The van der Waals surface area contributed by atoms with Crippen LogP contribution in [0.3, 0.4) is 0 Å². The summed E-state index contributed by atoms with van der Waals surface area (Å²) < 4.78 is 5.77. The fraction of sp³-hybridized carbons (Fsp3) is 1.00. The van der Waals surface area contributed by atoms with Gasteiger partial charge in [-0.3, -0.25) is 0 Å². The van der Waals surface area contributed by atoms with Crippen LogP contribution >= 0.6 is 15.9 Å². The van der Waals surface area contributed by atoms with Crippen LogP contribution in [0.1, 0.15) is 116 Å². The Balaban J connectivity index is 2.52. The van der Waals surface area contributed by atoms with Crippen LogP contribution < -0.4 is 0 Å². The molecule has 1 saturated carbocycles. The first-order valence-electron chi connectivity index (χ1n) is 11.4. The van der Waals surface area contributed by atoms with Gasteiger partial charge in [0.05, 0.1) is 6.10 Å². The van der Waals surface area contributed by atoms with Crippen molar-refractivity contribution in [3.8, 4) is 0 Å². The van der Waals surface area contributed by atoms with Crippen LogP contribution in [0.5, 0.6) is 0 Å². The van der Waals surface area contributed by atoms with Crippen LogP contribution in [0.2, 0.25) is 0 Å². The molecule has 0 aromatic rings. The lowest BCUT2D eigenvalue weighted by Gasteiger charge is -2.30. The van der Waals surface area contributed by atoms with Crippen LogP contribution in [0.25, 0.3) is 0 Å². The maximum absolute atomic E-state index is 5.77. The molecule has 1 fully saturated rings. The molecule has 150 valence electrons. The molecule has 0 heterocycles. The third kappa shape index (κ3) is 11.7. The molecule has 2 heteroatoms. The van der Waals surface area contributed by atoms with Crippen molar-refractivity contribution in [2.75, 3.05) is 12.4 Å². The maximum atomic E-state index is 5.77. The van der Waals surface area contributed by atoms with Crippen LogP contribution in [0, 0.1) is 11.8 Å². The lowest BCUT2D eigenvalue weighted by molar-refractivity contribution is 0.0718. The zero-order valence-electron chi connectivity index (χ0n) is 17.2. The summed E-state index contributed by atoms with van der Waals surface area (Å²) in [5.41, 5.74) is 0. The Morgan fingerprint density at radius 2 is 1.48 bits per heavy atom. The third-order valence-electron chi connectivity index (χ3n) is 6.35. The van der Waals surface area contributed by atoms with Gasteiger partial charge < -0.3 is 4.74 Å². The SMILES string of the molecule is CCCCCC(CCCCCCBr)C1CCCCCCC(OC)CC1. The Hall–Kier alpha value is 0.440. The molecule has 1 rings (SSSR count). The Morgan fingerprint density at radius 3 is 2.16 bits per heavy atom. The van der Waals surface area contributed by atoms with Gasteiger partial charge in [0, 0.05) is 12.4 Å². The molecule has 25 heavy (non-hydrogen) atoms. The maximum Gasteiger partial charge on any atom is 0.0571 e. The average molecular weight is 418 g/mol. The second-order valence-corrected chi connectivity index (χ2v) is 9.13. The molecule has 0 bridgehead atoms. The van der Waals surface area contributed by atoms with E-state index in [1.165, 1.54) is 114 Å². The van der Waals surface area contributed by atoms with E-state index in [9.17, 15) is 0 Å². The molecule has 3 unspecified atom stereocenters. The van der Waals surface area contributed by atoms with Gasteiger partial charge in [0.1, 0.15) is 0 Å². The summed E-state index contributed by atoms with van der Waals surface area (Å²) in [6.45, 7) is 2.34. The molecule has 0 radical (unpaired) electrons. The van der Waals surface area contributed by atoms with Gasteiger partial charge in [-0.15, -0.1) is 0 Å². The quantitative estimate of drug-likeness (QED) is 0.229. The molecule has 1 aliphatic rings. The van der Waals surface area contributed by atoms with Gasteiger partial charge >= 0.3 is 0 Å². The summed E-state index contributed by atoms with van der Waals surface area (Å²) in [5.74, 6) is 1.94. The predicted octanol–water partition coefficient (Wildman–Crippen LogP) is 8.29. The van der Waals surface area contributed by atoms with Crippen molar-refractivity contribution in [1.82, 2.24) is 0 Å². The summed E-state index contributed by atoms with van der Waals surface area (Å²) in [6, 6.07) is 0. The molecule has 0 amide bonds. The normalized spacial score (nSPS) is 24.1. The molecule has 0 spiro atoms. The highest BCUT2D eigenvalue weighted by Gasteiger charge is 2.23. The topological polar surface area (TPSA) is 9.23 Å². The van der Waals surface area contributed by atoms with E-state index in [4.69, 9.17) is 4.74 Å². The lowest BCUT2D eigenvalue weighted by Crippen LogP contribution is -2.20. The van der Waals surface area contributed by atoms with Crippen molar-refractivity contribution >= 4 is 15.9 Å². The number of methoxy groups -OCH3 is 1. The summed E-state index contributed by atoms with van der Waals surface area (Å²) in [4.78, 5) is 0. The van der Waals surface area contributed by atoms with Crippen molar-refractivity contribution in [3.05, 3.63) is 0 Å². The van der Waals surface area contributed by atoms with Gasteiger partial charge in [0.2, 0.25) is 0 Å². The second kappa shape index (κ2) is 16.6. The molecule has 0 saturated heterocycles. The number of hydrogen-bond donors (Lipinski definition) is 0. The first-order valence-corrected chi connectivity index (χ1v) is 12.5. The molecule has 1 nitrogen and oxygen atoms in total. The zero-order chi connectivity index (χ0) is 18.2. The van der Waals surface area contributed by atoms with E-state index >= 15 is 0 Å². The van der Waals surface area contributed by atoms with Crippen LogP contribution in [-0.2, 0) is 4.74 Å². The minimum Gasteiger partial charge on any atom is -0.381 e. The molecular weight excluding hydrogens is 372 g/mol. The Labute approximate surface area is 167 Å². The van der Waals surface area contributed by atoms with E-state index in [-0.39, 0.29) is 0 Å². The number of unbranched alkanes of at least 4 members (excludes halogenated alkanes) is 5. The van der Waals surface area contributed by atoms with Gasteiger partial charge in [-0.1, -0.05) is 106 Å². The molecule has 0 aliphatic heterocycles. The number of rotatable bonds is 12. The van der Waals surface area contributed by atoms with Gasteiger partial charge in [-0.05, 0) is 37.5 Å². The Kier molecular flexibility index (Phi) is 15.6. The minimum absolute atomic E-state index is 0.524. The molecule has 0 aromatic heterocycles.